The van der Waals surface area contributed by atoms with Crippen molar-refractivity contribution in [2.75, 3.05) is 4.90 Å². The number of para-hydroxylation sites is 2. The highest BCUT2D eigenvalue weighted by atomic mass is 32.1. The van der Waals surface area contributed by atoms with Crippen LogP contribution >= 0.6 is 11.3 Å². The first-order valence-corrected chi connectivity index (χ1v) is 23.6. The highest BCUT2D eigenvalue weighted by molar-refractivity contribution is 7.25. The van der Waals surface area contributed by atoms with Crippen LogP contribution in [0.4, 0.5) is 17.1 Å². The summed E-state index contributed by atoms with van der Waals surface area (Å²) in [4.78, 5) is 2.44. The lowest BCUT2D eigenvalue weighted by Crippen LogP contribution is -2.27. The zero-order chi connectivity index (χ0) is 44.0. The first-order valence-electron chi connectivity index (χ1n) is 22.8. The molecule has 0 saturated heterocycles. The van der Waals surface area contributed by atoms with Gasteiger partial charge in [0.25, 0.3) is 0 Å². The second kappa shape index (κ2) is 13.4. The van der Waals surface area contributed by atoms with Crippen molar-refractivity contribution in [2.24, 2.45) is 0 Å². The van der Waals surface area contributed by atoms with Crippen LogP contribution in [0.5, 0.6) is 0 Å². The number of rotatable bonds is 4. The first kappa shape index (κ1) is 38.3. The summed E-state index contributed by atoms with van der Waals surface area (Å²) in [5.41, 5.74) is 17.7. The molecule has 0 N–H and O–H groups in total. The standard InChI is InChI=1S/C61H48N2OS/c1-59(2,3)37-19-27-43-44-28-20-38(60(4,5)6)34-53(44)61(52(43)33-37)51-29-25-41(35-49(51)48-31-32-64-58(48)61)62(42-26-30-57-50(36-42)47-15-9-12-18-56(47)65-57)39-21-23-40(24-22-39)63-54-16-10-7-13-45(54)46-14-8-11-17-55(46)63/h7-36H,1-6H3. The van der Waals surface area contributed by atoms with E-state index in [2.05, 4.69) is 227 Å². The highest BCUT2D eigenvalue weighted by Gasteiger charge is 2.55. The zero-order valence-corrected chi connectivity index (χ0v) is 38.3. The van der Waals surface area contributed by atoms with Crippen LogP contribution in [-0.4, -0.2) is 4.57 Å². The Morgan fingerprint density at radius 3 is 1.65 bits per heavy atom. The number of thiophene rings is 1. The second-order valence-corrected chi connectivity index (χ2v) is 21.2. The van der Waals surface area contributed by atoms with Crippen molar-refractivity contribution >= 4 is 70.4 Å². The summed E-state index contributed by atoms with van der Waals surface area (Å²) in [5, 5.41) is 5.08. The minimum atomic E-state index is -0.594. The average molecular weight is 857 g/mol. The highest BCUT2D eigenvalue weighted by Crippen LogP contribution is 2.64. The number of fused-ring (bicyclic) bond motifs is 16. The Kier molecular flexibility index (Phi) is 7.93. The van der Waals surface area contributed by atoms with Crippen molar-refractivity contribution in [3.8, 4) is 27.9 Å². The maximum Gasteiger partial charge on any atom is 0.131 e. The van der Waals surface area contributed by atoms with Crippen LogP contribution in [-0.2, 0) is 16.2 Å². The smallest absolute Gasteiger partial charge is 0.131 e. The zero-order valence-electron chi connectivity index (χ0n) is 37.5. The maximum absolute atomic E-state index is 6.81. The van der Waals surface area contributed by atoms with Crippen molar-refractivity contribution in [3.05, 3.63) is 216 Å². The third-order valence-corrected chi connectivity index (χ3v) is 15.5. The van der Waals surface area contributed by atoms with Crippen LogP contribution in [0.25, 0.3) is 69.9 Å². The normalized spacial score (nSPS) is 13.8. The summed E-state index contributed by atoms with van der Waals surface area (Å²) in [5.74, 6) is 1.01. The minimum absolute atomic E-state index is 0.0225. The van der Waals surface area contributed by atoms with E-state index >= 15 is 0 Å². The lowest BCUT2D eigenvalue weighted by Gasteiger charge is -2.31. The van der Waals surface area contributed by atoms with Gasteiger partial charge in [-0.25, -0.2) is 0 Å². The van der Waals surface area contributed by atoms with Crippen LogP contribution in [0.2, 0.25) is 0 Å². The molecule has 314 valence electrons. The lowest BCUT2D eigenvalue weighted by molar-refractivity contribution is 0.472. The molecular formula is C61H48N2OS. The molecule has 0 unspecified atom stereocenters. The van der Waals surface area contributed by atoms with Gasteiger partial charge in [-0.15, -0.1) is 11.3 Å². The first-order chi connectivity index (χ1) is 31.5. The molecule has 2 aliphatic rings. The number of anilines is 3. The Labute approximate surface area is 383 Å². The molecule has 3 aromatic heterocycles. The summed E-state index contributed by atoms with van der Waals surface area (Å²) >= 11 is 1.86. The van der Waals surface area contributed by atoms with E-state index in [-0.39, 0.29) is 10.8 Å². The Hall–Kier alpha value is -7.14. The predicted molar refractivity (Wildman–Crippen MR) is 274 cm³/mol. The van der Waals surface area contributed by atoms with Gasteiger partial charge in [-0.05, 0) is 134 Å². The van der Waals surface area contributed by atoms with Crippen LogP contribution in [0.3, 0.4) is 0 Å². The molecule has 0 aliphatic heterocycles. The molecule has 3 heterocycles. The maximum atomic E-state index is 6.81. The molecular weight excluding hydrogens is 809 g/mol. The summed E-state index contributed by atoms with van der Waals surface area (Å²) in [6, 6.07) is 66.1. The van der Waals surface area contributed by atoms with Gasteiger partial charge in [0.15, 0.2) is 0 Å². The summed E-state index contributed by atoms with van der Waals surface area (Å²) in [6.45, 7) is 13.9. The van der Waals surface area contributed by atoms with Crippen LogP contribution < -0.4 is 4.90 Å². The van der Waals surface area contributed by atoms with Gasteiger partial charge in [0.2, 0.25) is 0 Å². The van der Waals surface area contributed by atoms with Crippen molar-refractivity contribution in [2.45, 2.75) is 57.8 Å². The molecule has 11 aromatic rings. The van der Waals surface area contributed by atoms with E-state index in [1.807, 2.05) is 17.6 Å². The molecule has 0 amide bonds. The summed E-state index contributed by atoms with van der Waals surface area (Å²) in [6.07, 6.45) is 1.90. The molecule has 4 heteroatoms. The number of aromatic nitrogens is 1. The molecule has 2 aliphatic carbocycles. The lowest BCUT2D eigenvalue weighted by atomic mass is 9.71. The molecule has 3 nitrogen and oxygen atoms in total. The molecule has 0 radical (unpaired) electrons. The van der Waals surface area contributed by atoms with Crippen LogP contribution in [0, 0.1) is 0 Å². The van der Waals surface area contributed by atoms with Gasteiger partial charge in [-0.1, -0.05) is 139 Å². The Bertz CT molecular complexity index is 3630. The number of hydrogen-bond donors (Lipinski definition) is 0. The largest absolute Gasteiger partial charge is 0.467 e. The number of hydrogen-bond acceptors (Lipinski definition) is 3. The molecule has 13 rings (SSSR count). The molecule has 0 fully saturated rings. The molecule has 1 spiro atoms. The van der Waals surface area contributed by atoms with Gasteiger partial charge < -0.3 is 13.9 Å². The SMILES string of the molecule is CC(C)(C)c1ccc2c(c1)C1(c3cc(C(C)(C)C)ccc3-2)c2ccc(N(c3ccc(-n4c5ccccc5c5ccccc54)cc3)c3ccc4sc5ccccc5c4c3)cc2-c2ccoc21. The third kappa shape index (κ3) is 5.41. The minimum Gasteiger partial charge on any atom is -0.467 e. The average Bonchev–Trinajstić information content (AvgIpc) is 4.12. The Morgan fingerprint density at radius 2 is 1.00 bits per heavy atom. The topological polar surface area (TPSA) is 21.3 Å². The summed E-state index contributed by atoms with van der Waals surface area (Å²) < 4.78 is 11.8. The second-order valence-electron chi connectivity index (χ2n) is 20.2. The predicted octanol–water partition coefficient (Wildman–Crippen LogP) is 17.2. The van der Waals surface area contributed by atoms with Crippen LogP contribution in [0.1, 0.15) is 75.1 Å². The van der Waals surface area contributed by atoms with Crippen molar-refractivity contribution < 1.29 is 4.42 Å². The van der Waals surface area contributed by atoms with Gasteiger partial charge >= 0.3 is 0 Å². The molecule has 65 heavy (non-hydrogen) atoms. The number of furan rings is 1. The fraction of sp³-hybridized carbons (Fsp3) is 0.148. The van der Waals surface area contributed by atoms with E-state index in [4.69, 9.17) is 4.42 Å². The van der Waals surface area contributed by atoms with Crippen LogP contribution in [0.15, 0.2) is 187 Å². The van der Waals surface area contributed by atoms with E-state index in [9.17, 15) is 0 Å². The quantitative estimate of drug-likeness (QED) is 0.176. The summed E-state index contributed by atoms with van der Waals surface area (Å²) in [7, 11) is 0. The van der Waals surface area contributed by atoms with E-state index in [1.54, 1.807) is 0 Å². The van der Waals surface area contributed by atoms with Gasteiger partial charge in [-0.2, -0.15) is 0 Å². The van der Waals surface area contributed by atoms with Gasteiger partial charge in [0.05, 0.1) is 17.3 Å². The molecule has 0 bridgehead atoms. The van der Waals surface area contributed by atoms with Gasteiger partial charge in [0.1, 0.15) is 11.2 Å². The fourth-order valence-electron chi connectivity index (χ4n) is 11.2. The molecule has 0 saturated carbocycles. The van der Waals surface area contributed by atoms with E-state index in [0.717, 1.165) is 34.1 Å². The van der Waals surface area contributed by atoms with E-state index in [0.29, 0.717) is 0 Å². The molecule has 8 aromatic carbocycles. The molecule has 0 atom stereocenters. The number of benzene rings is 8. The van der Waals surface area contributed by atoms with Crippen molar-refractivity contribution in [1.82, 2.24) is 4.57 Å². The number of nitrogens with zero attached hydrogens (tertiary/aromatic N) is 2. The Balaban J connectivity index is 1.03. The van der Waals surface area contributed by atoms with Gasteiger partial charge in [-0.3, -0.25) is 0 Å². The van der Waals surface area contributed by atoms with Gasteiger partial charge in [0, 0.05) is 59.3 Å². The van der Waals surface area contributed by atoms with E-state index < -0.39 is 5.41 Å². The van der Waals surface area contributed by atoms with Crippen molar-refractivity contribution in [3.63, 3.8) is 0 Å². The third-order valence-electron chi connectivity index (χ3n) is 14.4. The Morgan fingerprint density at radius 1 is 0.446 bits per heavy atom. The van der Waals surface area contributed by atoms with E-state index in [1.165, 1.54) is 86.5 Å². The van der Waals surface area contributed by atoms with Crippen molar-refractivity contribution in [1.29, 1.82) is 0 Å². The fourth-order valence-corrected chi connectivity index (χ4v) is 12.3. The monoisotopic (exact) mass is 856 g/mol.